The Labute approximate surface area is 172 Å². The lowest BCUT2D eigenvalue weighted by atomic mass is 10.1. The summed E-state index contributed by atoms with van der Waals surface area (Å²) in [5.74, 6) is 0.452. The molecule has 0 fully saturated rings. The molecular formula is C18H29BrN4O5. The van der Waals surface area contributed by atoms with Gasteiger partial charge in [-0.05, 0) is 59.2 Å². The number of aromatic nitrogens is 1. The van der Waals surface area contributed by atoms with Gasteiger partial charge in [0.05, 0.1) is 5.39 Å². The molecule has 2 rings (SSSR count). The fraction of sp³-hybridized carbons (Fsp3) is 0.500. The maximum atomic E-state index is 9.90. The van der Waals surface area contributed by atoms with Gasteiger partial charge < -0.3 is 31.1 Å². The first-order valence-electron chi connectivity index (χ1n) is 8.36. The van der Waals surface area contributed by atoms with Gasteiger partial charge in [0.1, 0.15) is 0 Å². The maximum Gasteiger partial charge on any atom is 0.405 e. The number of carbonyl (C=O) groups is 2. The monoisotopic (exact) mass is 460 g/mol. The molecule has 0 radical (unpaired) electrons. The fourth-order valence-corrected chi connectivity index (χ4v) is 2.08. The van der Waals surface area contributed by atoms with Crippen LogP contribution in [0.15, 0.2) is 22.7 Å². The molecule has 0 unspecified atom stereocenters. The number of rotatable bonds is 1. The topological polar surface area (TPSA) is 151 Å². The van der Waals surface area contributed by atoms with Crippen molar-refractivity contribution in [1.82, 2.24) is 15.8 Å². The van der Waals surface area contributed by atoms with Crippen molar-refractivity contribution in [1.29, 1.82) is 0 Å². The number of amides is 2. The van der Waals surface area contributed by atoms with E-state index in [9.17, 15) is 9.59 Å². The van der Waals surface area contributed by atoms with Gasteiger partial charge in [0.2, 0.25) is 0 Å². The molecule has 0 spiro atoms. The van der Waals surface area contributed by atoms with Crippen molar-refractivity contribution < 1.29 is 24.3 Å². The summed E-state index contributed by atoms with van der Waals surface area (Å²) < 4.78 is 4.96. The predicted molar refractivity (Wildman–Crippen MR) is 113 cm³/mol. The first-order chi connectivity index (χ1) is 12.6. The summed E-state index contributed by atoms with van der Waals surface area (Å²) in [6.45, 7) is 10.8. The Balaban J connectivity index is 0.000000408. The smallest absolute Gasteiger partial charge is 0.405 e. The molecular weight excluding hydrogens is 432 g/mol. The third-order valence-electron chi connectivity index (χ3n) is 2.68. The molecule has 9 nitrogen and oxygen atoms in total. The molecule has 1 heterocycles. The van der Waals surface area contributed by atoms with Crippen LogP contribution in [-0.2, 0) is 5.33 Å². The van der Waals surface area contributed by atoms with Crippen molar-refractivity contribution in [2.75, 3.05) is 5.73 Å². The average Bonchev–Trinajstić information content (AvgIpc) is 2.84. The minimum absolute atomic E-state index is 0.328. The SMILES string of the molecule is CC(C)(C)NC(=O)O.CC(C)(C)NC(=O)O.Nc1noc2ccc(CBr)cc12. The fourth-order valence-electron chi connectivity index (χ4n) is 1.73. The summed E-state index contributed by atoms with van der Waals surface area (Å²) in [6, 6.07) is 5.81. The van der Waals surface area contributed by atoms with Crippen LogP contribution in [0, 0.1) is 0 Å². The van der Waals surface area contributed by atoms with Crippen molar-refractivity contribution in [3.63, 3.8) is 0 Å². The highest BCUT2D eigenvalue weighted by atomic mass is 79.9. The molecule has 0 aliphatic rings. The van der Waals surface area contributed by atoms with Crippen molar-refractivity contribution in [2.45, 2.75) is 58.0 Å². The van der Waals surface area contributed by atoms with E-state index in [1.54, 1.807) is 41.5 Å². The molecule has 0 aliphatic heterocycles. The van der Waals surface area contributed by atoms with E-state index < -0.39 is 12.2 Å². The van der Waals surface area contributed by atoms with Gasteiger partial charge in [-0.1, -0.05) is 27.2 Å². The van der Waals surface area contributed by atoms with Crippen LogP contribution in [0.2, 0.25) is 0 Å². The van der Waals surface area contributed by atoms with E-state index in [0.29, 0.717) is 5.82 Å². The summed E-state index contributed by atoms with van der Waals surface area (Å²) in [5, 5.41) is 26.2. The normalized spacial score (nSPS) is 10.8. The van der Waals surface area contributed by atoms with Gasteiger partial charge >= 0.3 is 12.2 Å². The number of hydrogen-bond acceptors (Lipinski definition) is 5. The number of carboxylic acid groups (broad SMARTS) is 2. The van der Waals surface area contributed by atoms with E-state index in [4.69, 9.17) is 20.5 Å². The molecule has 10 heteroatoms. The number of nitrogens with zero attached hydrogens (tertiary/aromatic N) is 1. The Bertz CT molecular complexity index is 752. The lowest BCUT2D eigenvalue weighted by molar-refractivity contribution is 0.183. The standard InChI is InChI=1S/C8H7BrN2O.2C5H11NO2/c9-4-5-1-2-7-6(3-5)8(10)11-12-7;2*1-5(2,3)6-4(7)8/h1-3H,4H2,(H2,10,11);2*6H,1-3H3,(H,7,8). The summed E-state index contributed by atoms with van der Waals surface area (Å²) in [5.41, 5.74) is 6.82. The Kier molecular flexibility index (Phi) is 9.79. The highest BCUT2D eigenvalue weighted by molar-refractivity contribution is 9.08. The van der Waals surface area contributed by atoms with Gasteiger partial charge in [-0.3, -0.25) is 0 Å². The first-order valence-corrected chi connectivity index (χ1v) is 9.48. The summed E-state index contributed by atoms with van der Waals surface area (Å²) >= 11 is 3.36. The molecule has 1 aromatic carbocycles. The molecule has 158 valence electrons. The molecule has 1 aromatic heterocycles. The molecule has 0 saturated carbocycles. The van der Waals surface area contributed by atoms with Gasteiger partial charge in [0.25, 0.3) is 0 Å². The van der Waals surface area contributed by atoms with Crippen LogP contribution >= 0.6 is 15.9 Å². The van der Waals surface area contributed by atoms with Gasteiger partial charge in [0, 0.05) is 16.4 Å². The Morgan fingerprint density at radius 3 is 1.86 bits per heavy atom. The highest BCUT2D eigenvalue weighted by Gasteiger charge is 2.11. The van der Waals surface area contributed by atoms with E-state index in [-0.39, 0.29) is 11.1 Å². The second kappa shape index (κ2) is 10.7. The zero-order valence-corrected chi connectivity index (χ0v) is 18.5. The quantitative estimate of drug-likeness (QED) is 0.395. The molecule has 0 saturated heterocycles. The number of nitrogens with one attached hydrogen (secondary N) is 2. The summed E-state index contributed by atoms with van der Waals surface area (Å²) in [4.78, 5) is 19.8. The van der Waals surface area contributed by atoms with Crippen LogP contribution in [-0.4, -0.2) is 38.6 Å². The number of benzene rings is 1. The molecule has 28 heavy (non-hydrogen) atoms. The maximum absolute atomic E-state index is 9.90. The molecule has 0 bridgehead atoms. The molecule has 2 aromatic rings. The number of anilines is 1. The van der Waals surface area contributed by atoms with Crippen molar-refractivity contribution in [3.05, 3.63) is 23.8 Å². The number of fused-ring (bicyclic) bond motifs is 1. The third-order valence-corrected chi connectivity index (χ3v) is 3.33. The number of nitrogen functional groups attached to an aromatic ring is 1. The van der Waals surface area contributed by atoms with Crippen LogP contribution in [0.1, 0.15) is 47.1 Å². The minimum Gasteiger partial charge on any atom is -0.465 e. The number of nitrogens with two attached hydrogens (primary N) is 1. The third kappa shape index (κ3) is 12.0. The molecule has 0 atom stereocenters. The largest absolute Gasteiger partial charge is 0.465 e. The van der Waals surface area contributed by atoms with Gasteiger partial charge in [-0.25, -0.2) is 9.59 Å². The predicted octanol–water partition coefficient (Wildman–Crippen LogP) is 4.41. The van der Waals surface area contributed by atoms with Gasteiger partial charge in [-0.15, -0.1) is 0 Å². The summed E-state index contributed by atoms with van der Waals surface area (Å²) in [7, 11) is 0. The number of alkyl halides is 1. The zero-order valence-electron chi connectivity index (χ0n) is 17.0. The Morgan fingerprint density at radius 2 is 1.54 bits per heavy atom. The highest BCUT2D eigenvalue weighted by Crippen LogP contribution is 2.22. The zero-order chi connectivity index (χ0) is 22.1. The van der Waals surface area contributed by atoms with E-state index >= 15 is 0 Å². The lowest BCUT2D eigenvalue weighted by Gasteiger charge is -2.16. The van der Waals surface area contributed by atoms with Crippen LogP contribution < -0.4 is 16.4 Å². The van der Waals surface area contributed by atoms with Crippen LogP contribution in [0.5, 0.6) is 0 Å². The Morgan fingerprint density at radius 1 is 1.07 bits per heavy atom. The van der Waals surface area contributed by atoms with E-state index in [0.717, 1.165) is 21.9 Å². The average molecular weight is 461 g/mol. The van der Waals surface area contributed by atoms with Crippen LogP contribution in [0.25, 0.3) is 11.0 Å². The van der Waals surface area contributed by atoms with E-state index in [1.165, 1.54) is 0 Å². The van der Waals surface area contributed by atoms with Crippen LogP contribution in [0.4, 0.5) is 15.4 Å². The van der Waals surface area contributed by atoms with Crippen molar-refractivity contribution >= 4 is 44.9 Å². The first kappa shape index (κ1) is 25.5. The number of hydrogen-bond donors (Lipinski definition) is 5. The van der Waals surface area contributed by atoms with Gasteiger partial charge in [-0.2, -0.15) is 0 Å². The second-order valence-electron chi connectivity index (χ2n) is 7.89. The van der Waals surface area contributed by atoms with E-state index in [1.807, 2.05) is 18.2 Å². The molecule has 6 N–H and O–H groups in total. The minimum atomic E-state index is -0.975. The molecule has 0 aliphatic carbocycles. The number of halogens is 1. The lowest BCUT2D eigenvalue weighted by Crippen LogP contribution is -2.39. The molecule has 2 amide bonds. The second-order valence-corrected chi connectivity index (χ2v) is 8.45. The Hall–Kier alpha value is -2.49. The van der Waals surface area contributed by atoms with E-state index in [2.05, 4.69) is 31.7 Å². The van der Waals surface area contributed by atoms with Crippen molar-refractivity contribution in [3.8, 4) is 0 Å². The van der Waals surface area contributed by atoms with Crippen molar-refractivity contribution in [2.24, 2.45) is 0 Å². The van der Waals surface area contributed by atoms with Crippen LogP contribution in [0.3, 0.4) is 0 Å². The summed E-state index contributed by atoms with van der Waals surface area (Å²) in [6.07, 6.45) is -1.95. The van der Waals surface area contributed by atoms with Gasteiger partial charge in [0.15, 0.2) is 11.4 Å².